The van der Waals surface area contributed by atoms with Crippen molar-refractivity contribution in [1.82, 2.24) is 5.32 Å². The van der Waals surface area contributed by atoms with Gasteiger partial charge in [0.25, 0.3) is 0 Å². The Morgan fingerprint density at radius 3 is 2.21 bits per heavy atom. The third-order valence-electron chi connectivity index (χ3n) is 4.15. The van der Waals surface area contributed by atoms with Gasteiger partial charge in [0.05, 0.1) is 6.10 Å². The molecule has 0 atom stereocenters. The molecule has 1 fully saturated rings. The van der Waals surface area contributed by atoms with Gasteiger partial charge in [-0.05, 0) is 69.2 Å². The molecular weight excluding hydrogens is 234 g/mol. The number of rotatable bonds is 4. The third-order valence-corrected chi connectivity index (χ3v) is 4.15. The summed E-state index contributed by atoms with van der Waals surface area (Å²) in [4.78, 5) is 0. The predicted octanol–water partition coefficient (Wildman–Crippen LogP) is 3.98. The number of aryl methyl sites for hydroxylation is 2. The van der Waals surface area contributed by atoms with Crippen LogP contribution in [0.5, 0.6) is 5.75 Å². The van der Waals surface area contributed by atoms with E-state index in [1.807, 2.05) is 7.05 Å². The van der Waals surface area contributed by atoms with Crippen molar-refractivity contribution in [2.24, 2.45) is 5.92 Å². The normalized spacial score (nSPS) is 23.4. The molecule has 0 bridgehead atoms. The van der Waals surface area contributed by atoms with Crippen LogP contribution in [0.2, 0.25) is 0 Å². The molecular formula is C17H27NO. The summed E-state index contributed by atoms with van der Waals surface area (Å²) >= 11 is 0. The summed E-state index contributed by atoms with van der Waals surface area (Å²) in [5, 5.41) is 3.20. The minimum atomic E-state index is 0.420. The van der Waals surface area contributed by atoms with Gasteiger partial charge in [0.2, 0.25) is 0 Å². The van der Waals surface area contributed by atoms with Crippen molar-refractivity contribution < 1.29 is 4.74 Å². The van der Waals surface area contributed by atoms with Crippen LogP contribution >= 0.6 is 0 Å². The smallest absolute Gasteiger partial charge is 0.125 e. The summed E-state index contributed by atoms with van der Waals surface area (Å²) in [7, 11) is 1.98. The van der Waals surface area contributed by atoms with Crippen molar-refractivity contribution >= 4 is 0 Å². The van der Waals surface area contributed by atoms with Crippen molar-refractivity contribution in [2.45, 2.75) is 59.1 Å². The Hall–Kier alpha value is -1.02. The maximum Gasteiger partial charge on any atom is 0.125 e. The zero-order valence-electron chi connectivity index (χ0n) is 12.8. The number of benzene rings is 1. The fourth-order valence-corrected chi connectivity index (χ4v) is 3.05. The molecule has 0 radical (unpaired) electrons. The highest BCUT2D eigenvalue weighted by Crippen LogP contribution is 2.31. The van der Waals surface area contributed by atoms with Crippen LogP contribution in [0.1, 0.15) is 49.3 Å². The van der Waals surface area contributed by atoms with Crippen molar-refractivity contribution in [3.63, 3.8) is 0 Å². The zero-order chi connectivity index (χ0) is 13.8. The first-order chi connectivity index (χ1) is 9.10. The number of nitrogens with one attached hydrogen (secondary N) is 1. The monoisotopic (exact) mass is 261 g/mol. The fourth-order valence-electron chi connectivity index (χ4n) is 3.05. The highest BCUT2D eigenvalue weighted by molar-refractivity contribution is 5.43. The van der Waals surface area contributed by atoms with Gasteiger partial charge >= 0.3 is 0 Å². The number of hydrogen-bond donors (Lipinski definition) is 1. The van der Waals surface area contributed by atoms with Crippen molar-refractivity contribution in [2.75, 3.05) is 7.05 Å². The zero-order valence-corrected chi connectivity index (χ0v) is 12.8. The van der Waals surface area contributed by atoms with Gasteiger partial charge in [0.1, 0.15) is 5.75 Å². The number of ether oxygens (including phenoxy) is 1. The first kappa shape index (κ1) is 14.4. The lowest BCUT2D eigenvalue weighted by atomic mass is 9.89. The van der Waals surface area contributed by atoms with E-state index in [1.54, 1.807) is 0 Å². The Kier molecular flexibility index (Phi) is 4.87. The molecule has 19 heavy (non-hydrogen) atoms. The van der Waals surface area contributed by atoms with Gasteiger partial charge in [-0.15, -0.1) is 0 Å². The van der Waals surface area contributed by atoms with Gasteiger partial charge in [-0.3, -0.25) is 0 Å². The highest BCUT2D eigenvalue weighted by atomic mass is 16.5. The largest absolute Gasteiger partial charge is 0.490 e. The standard InChI is InChI=1S/C17H27NO/c1-12-5-7-16(8-6-12)19-17-13(2)9-15(11-18-4)10-14(17)3/h9-10,12,16,18H,5-8,11H2,1-4H3. The summed E-state index contributed by atoms with van der Waals surface area (Å²) < 4.78 is 6.28. The van der Waals surface area contributed by atoms with Crippen molar-refractivity contribution in [3.8, 4) is 5.75 Å². The van der Waals surface area contributed by atoms with E-state index >= 15 is 0 Å². The van der Waals surface area contributed by atoms with Gasteiger partial charge in [-0.2, -0.15) is 0 Å². The molecule has 0 aromatic heterocycles. The molecule has 2 nitrogen and oxygen atoms in total. The maximum absolute atomic E-state index is 6.28. The van der Waals surface area contributed by atoms with Gasteiger partial charge in [0.15, 0.2) is 0 Å². The molecule has 2 rings (SSSR count). The van der Waals surface area contributed by atoms with Crippen molar-refractivity contribution in [1.29, 1.82) is 0 Å². The molecule has 1 aliphatic rings. The van der Waals surface area contributed by atoms with Crippen LogP contribution in [-0.2, 0) is 6.54 Å². The van der Waals surface area contributed by atoms with Gasteiger partial charge in [-0.25, -0.2) is 0 Å². The quantitative estimate of drug-likeness (QED) is 0.885. The van der Waals surface area contributed by atoms with Crippen LogP contribution in [0.15, 0.2) is 12.1 Å². The summed E-state index contributed by atoms with van der Waals surface area (Å²) in [6, 6.07) is 4.48. The summed E-state index contributed by atoms with van der Waals surface area (Å²) in [6.45, 7) is 7.59. The third kappa shape index (κ3) is 3.73. The van der Waals surface area contributed by atoms with Crippen LogP contribution in [0.25, 0.3) is 0 Å². The molecule has 1 saturated carbocycles. The van der Waals surface area contributed by atoms with Crippen LogP contribution in [-0.4, -0.2) is 13.2 Å². The van der Waals surface area contributed by atoms with E-state index in [2.05, 4.69) is 38.2 Å². The average molecular weight is 261 g/mol. The SMILES string of the molecule is CNCc1cc(C)c(OC2CCC(C)CC2)c(C)c1. The van der Waals surface area contributed by atoms with E-state index in [9.17, 15) is 0 Å². The lowest BCUT2D eigenvalue weighted by Gasteiger charge is -2.28. The predicted molar refractivity (Wildman–Crippen MR) is 80.7 cm³/mol. The molecule has 2 heteroatoms. The molecule has 106 valence electrons. The molecule has 1 aromatic carbocycles. The van der Waals surface area contributed by atoms with Gasteiger partial charge in [-0.1, -0.05) is 19.1 Å². The van der Waals surface area contributed by atoms with Crippen LogP contribution in [0.4, 0.5) is 0 Å². The summed E-state index contributed by atoms with van der Waals surface area (Å²) in [5.41, 5.74) is 3.87. The Labute approximate surface area is 117 Å². The van der Waals surface area contributed by atoms with E-state index in [1.165, 1.54) is 42.4 Å². The maximum atomic E-state index is 6.28. The molecule has 0 heterocycles. The molecule has 0 unspecified atom stereocenters. The molecule has 1 aliphatic carbocycles. The minimum Gasteiger partial charge on any atom is -0.490 e. The van der Waals surface area contributed by atoms with E-state index in [-0.39, 0.29) is 0 Å². The van der Waals surface area contributed by atoms with Gasteiger partial charge in [0, 0.05) is 6.54 Å². The molecule has 0 spiro atoms. The van der Waals surface area contributed by atoms with Crippen LogP contribution < -0.4 is 10.1 Å². The first-order valence-electron chi connectivity index (χ1n) is 7.51. The lowest BCUT2D eigenvalue weighted by Crippen LogP contribution is -2.23. The Bertz CT molecular complexity index is 396. The fraction of sp³-hybridized carbons (Fsp3) is 0.647. The summed E-state index contributed by atoms with van der Waals surface area (Å²) in [6.07, 6.45) is 5.45. The molecule has 1 N–H and O–H groups in total. The molecule has 1 aromatic rings. The van der Waals surface area contributed by atoms with E-state index in [4.69, 9.17) is 4.74 Å². The highest BCUT2D eigenvalue weighted by Gasteiger charge is 2.20. The lowest BCUT2D eigenvalue weighted by molar-refractivity contribution is 0.134. The Morgan fingerprint density at radius 1 is 1.11 bits per heavy atom. The topological polar surface area (TPSA) is 21.3 Å². The second-order valence-corrected chi connectivity index (χ2v) is 6.09. The Balaban J connectivity index is 2.07. The van der Waals surface area contributed by atoms with Gasteiger partial charge < -0.3 is 10.1 Å². The van der Waals surface area contributed by atoms with Crippen LogP contribution in [0, 0.1) is 19.8 Å². The van der Waals surface area contributed by atoms with E-state index in [0.29, 0.717) is 6.10 Å². The van der Waals surface area contributed by atoms with E-state index < -0.39 is 0 Å². The molecule has 0 saturated heterocycles. The Morgan fingerprint density at radius 2 is 1.68 bits per heavy atom. The first-order valence-corrected chi connectivity index (χ1v) is 7.51. The van der Waals surface area contributed by atoms with Crippen LogP contribution in [0.3, 0.4) is 0 Å². The summed E-state index contributed by atoms with van der Waals surface area (Å²) in [5.74, 6) is 1.99. The minimum absolute atomic E-state index is 0.420. The van der Waals surface area contributed by atoms with Crippen molar-refractivity contribution in [3.05, 3.63) is 28.8 Å². The average Bonchev–Trinajstić information content (AvgIpc) is 2.36. The second-order valence-electron chi connectivity index (χ2n) is 6.09. The number of hydrogen-bond acceptors (Lipinski definition) is 2. The second kappa shape index (κ2) is 6.42. The molecule has 0 amide bonds. The molecule has 0 aliphatic heterocycles. The van der Waals surface area contributed by atoms with E-state index in [0.717, 1.165) is 18.2 Å².